The second-order valence-corrected chi connectivity index (χ2v) is 4.35. The molecule has 78 valence electrons. The molecule has 1 atom stereocenters. The van der Waals surface area contributed by atoms with Crippen molar-refractivity contribution in [3.63, 3.8) is 0 Å². The summed E-state index contributed by atoms with van der Waals surface area (Å²) in [7, 11) is 0. The van der Waals surface area contributed by atoms with Crippen molar-refractivity contribution in [2.24, 2.45) is 0 Å². The topological polar surface area (TPSA) is 34.9 Å². The van der Waals surface area contributed by atoms with Gasteiger partial charge in [0.15, 0.2) is 6.29 Å². The van der Waals surface area contributed by atoms with Gasteiger partial charge in [0.05, 0.1) is 11.7 Å². The zero-order valence-electron chi connectivity index (χ0n) is 8.68. The Morgan fingerprint density at radius 3 is 3.00 bits per heavy atom. The summed E-state index contributed by atoms with van der Waals surface area (Å²) in [6.45, 7) is 4.02. The highest BCUT2D eigenvalue weighted by molar-refractivity contribution is 7.09. The summed E-state index contributed by atoms with van der Waals surface area (Å²) in [6.07, 6.45) is 2.78. The van der Waals surface area contributed by atoms with E-state index in [-0.39, 0.29) is 6.04 Å². The number of aromatic nitrogens is 2. The van der Waals surface area contributed by atoms with Gasteiger partial charge >= 0.3 is 0 Å². The van der Waals surface area contributed by atoms with Gasteiger partial charge in [0, 0.05) is 17.3 Å². The van der Waals surface area contributed by atoms with Crippen LogP contribution in [0.4, 0.5) is 0 Å². The minimum atomic E-state index is 0.124. The smallest absolute Gasteiger partial charge is 0.166 e. The normalized spacial score (nSPS) is 12.7. The molecule has 0 saturated carbocycles. The Labute approximate surface area is 92.4 Å². The summed E-state index contributed by atoms with van der Waals surface area (Å²) in [5.74, 6) is 0. The van der Waals surface area contributed by atoms with E-state index < -0.39 is 0 Å². The quantitative estimate of drug-likeness (QED) is 0.745. The third kappa shape index (κ3) is 1.85. The lowest BCUT2D eigenvalue weighted by atomic mass is 10.3. The molecule has 2 aromatic heterocycles. The van der Waals surface area contributed by atoms with Crippen LogP contribution in [0.2, 0.25) is 0 Å². The van der Waals surface area contributed by atoms with Crippen LogP contribution >= 0.6 is 11.3 Å². The molecule has 2 rings (SSSR count). The van der Waals surface area contributed by atoms with Crippen LogP contribution in [0.15, 0.2) is 23.7 Å². The van der Waals surface area contributed by atoms with Crippen LogP contribution < -0.4 is 0 Å². The number of carbonyl (C=O) groups excluding carboxylic acids is 1. The van der Waals surface area contributed by atoms with Gasteiger partial charge in [0.1, 0.15) is 5.01 Å². The molecule has 0 aliphatic carbocycles. The molecule has 15 heavy (non-hydrogen) atoms. The lowest BCUT2D eigenvalue weighted by Crippen LogP contribution is -2.08. The van der Waals surface area contributed by atoms with E-state index >= 15 is 0 Å². The van der Waals surface area contributed by atoms with Crippen molar-refractivity contribution >= 4 is 17.6 Å². The molecule has 0 spiro atoms. The predicted molar refractivity (Wildman–Crippen MR) is 60.5 cm³/mol. The van der Waals surface area contributed by atoms with Crippen molar-refractivity contribution in [1.82, 2.24) is 9.55 Å². The standard InChI is InChI=1S/C11H12N2OS/c1-8-7-15-11(12-8)9(2)13-5-3-4-10(13)6-14/h3-7,9H,1-2H3. The van der Waals surface area contributed by atoms with Crippen molar-refractivity contribution in [3.05, 3.63) is 40.1 Å². The number of aryl methyl sites for hydroxylation is 1. The van der Waals surface area contributed by atoms with E-state index in [2.05, 4.69) is 4.98 Å². The van der Waals surface area contributed by atoms with Gasteiger partial charge in [-0.15, -0.1) is 11.3 Å². The summed E-state index contributed by atoms with van der Waals surface area (Å²) < 4.78 is 1.94. The van der Waals surface area contributed by atoms with Crippen molar-refractivity contribution in [2.75, 3.05) is 0 Å². The van der Waals surface area contributed by atoms with Gasteiger partial charge in [0.25, 0.3) is 0 Å². The largest absolute Gasteiger partial charge is 0.336 e. The number of thiazole rings is 1. The van der Waals surface area contributed by atoms with E-state index in [0.29, 0.717) is 5.69 Å². The van der Waals surface area contributed by atoms with Crippen LogP contribution in [0.1, 0.15) is 34.2 Å². The van der Waals surface area contributed by atoms with Gasteiger partial charge in [-0.25, -0.2) is 4.98 Å². The van der Waals surface area contributed by atoms with Gasteiger partial charge in [-0.3, -0.25) is 4.79 Å². The minimum absolute atomic E-state index is 0.124. The highest BCUT2D eigenvalue weighted by atomic mass is 32.1. The molecule has 0 aliphatic rings. The zero-order valence-corrected chi connectivity index (χ0v) is 9.49. The number of hydrogen-bond donors (Lipinski definition) is 0. The fraction of sp³-hybridized carbons (Fsp3) is 0.273. The van der Waals surface area contributed by atoms with Crippen molar-refractivity contribution in [2.45, 2.75) is 19.9 Å². The van der Waals surface area contributed by atoms with Crippen molar-refractivity contribution < 1.29 is 4.79 Å². The molecule has 1 unspecified atom stereocenters. The third-order valence-corrected chi connectivity index (χ3v) is 3.48. The fourth-order valence-corrected chi connectivity index (χ4v) is 2.39. The first-order valence-electron chi connectivity index (χ1n) is 4.76. The van der Waals surface area contributed by atoms with Crippen molar-refractivity contribution in [3.8, 4) is 0 Å². The zero-order chi connectivity index (χ0) is 10.8. The number of aldehydes is 1. The first-order chi connectivity index (χ1) is 7.22. The Kier molecular flexibility index (Phi) is 2.68. The van der Waals surface area contributed by atoms with Crippen LogP contribution in [0.3, 0.4) is 0 Å². The van der Waals surface area contributed by atoms with Crippen LogP contribution in [-0.2, 0) is 0 Å². The van der Waals surface area contributed by atoms with Crippen LogP contribution in [0.25, 0.3) is 0 Å². The first-order valence-corrected chi connectivity index (χ1v) is 5.64. The van der Waals surface area contributed by atoms with E-state index in [1.165, 1.54) is 0 Å². The van der Waals surface area contributed by atoms with E-state index in [9.17, 15) is 4.79 Å². The van der Waals surface area contributed by atoms with E-state index in [1.807, 2.05) is 42.1 Å². The highest BCUT2D eigenvalue weighted by Gasteiger charge is 2.13. The summed E-state index contributed by atoms with van der Waals surface area (Å²) in [5, 5.41) is 3.06. The highest BCUT2D eigenvalue weighted by Crippen LogP contribution is 2.22. The minimum Gasteiger partial charge on any atom is -0.336 e. The monoisotopic (exact) mass is 220 g/mol. The van der Waals surface area contributed by atoms with Gasteiger partial charge in [0.2, 0.25) is 0 Å². The van der Waals surface area contributed by atoms with Crippen LogP contribution in [-0.4, -0.2) is 15.8 Å². The molecule has 0 aliphatic heterocycles. The molecule has 0 bridgehead atoms. The lowest BCUT2D eigenvalue weighted by molar-refractivity contribution is 0.111. The molecular weight excluding hydrogens is 208 g/mol. The third-order valence-electron chi connectivity index (χ3n) is 2.34. The predicted octanol–water partition coefficient (Wildman–Crippen LogP) is 2.67. The van der Waals surface area contributed by atoms with Crippen LogP contribution in [0, 0.1) is 6.92 Å². The van der Waals surface area contributed by atoms with Crippen molar-refractivity contribution in [1.29, 1.82) is 0 Å². The van der Waals surface area contributed by atoms with Gasteiger partial charge in [-0.1, -0.05) is 0 Å². The Morgan fingerprint density at radius 2 is 2.40 bits per heavy atom. The average Bonchev–Trinajstić information content (AvgIpc) is 2.84. The molecule has 0 fully saturated rings. The number of carbonyl (C=O) groups is 1. The Balaban J connectivity index is 2.35. The molecular formula is C11H12N2OS. The Morgan fingerprint density at radius 1 is 1.60 bits per heavy atom. The fourth-order valence-electron chi connectivity index (χ4n) is 1.54. The second-order valence-electron chi connectivity index (χ2n) is 3.46. The van der Waals surface area contributed by atoms with Gasteiger partial charge in [-0.05, 0) is 26.0 Å². The lowest BCUT2D eigenvalue weighted by Gasteiger charge is -2.12. The summed E-state index contributed by atoms with van der Waals surface area (Å²) in [6, 6.07) is 3.81. The van der Waals surface area contributed by atoms with Gasteiger partial charge in [-0.2, -0.15) is 0 Å². The number of rotatable bonds is 3. The number of hydrogen-bond acceptors (Lipinski definition) is 3. The molecule has 0 saturated heterocycles. The van der Waals surface area contributed by atoms with Gasteiger partial charge < -0.3 is 4.57 Å². The molecule has 0 amide bonds. The second kappa shape index (κ2) is 3.98. The van der Waals surface area contributed by atoms with Crippen LogP contribution in [0.5, 0.6) is 0 Å². The van der Waals surface area contributed by atoms with E-state index in [1.54, 1.807) is 11.3 Å². The molecule has 3 nitrogen and oxygen atoms in total. The average molecular weight is 220 g/mol. The summed E-state index contributed by atoms with van der Waals surface area (Å²) in [5.41, 5.74) is 1.72. The summed E-state index contributed by atoms with van der Waals surface area (Å²) in [4.78, 5) is 15.2. The Bertz CT molecular complexity index is 472. The Hall–Kier alpha value is -1.42. The maximum absolute atomic E-state index is 10.8. The maximum Gasteiger partial charge on any atom is 0.166 e. The van der Waals surface area contributed by atoms with E-state index in [0.717, 1.165) is 17.0 Å². The molecule has 0 N–H and O–H groups in total. The van der Waals surface area contributed by atoms with E-state index in [4.69, 9.17) is 0 Å². The first kappa shape index (κ1) is 10.1. The molecule has 4 heteroatoms. The SMILES string of the molecule is Cc1csc(C(C)n2cccc2C=O)n1. The molecule has 0 radical (unpaired) electrons. The molecule has 2 heterocycles. The number of nitrogens with zero attached hydrogens (tertiary/aromatic N) is 2. The molecule has 2 aromatic rings. The summed E-state index contributed by atoms with van der Waals surface area (Å²) >= 11 is 1.63. The maximum atomic E-state index is 10.8. The molecule has 0 aromatic carbocycles.